The molecule has 0 spiro atoms. The fraction of sp³-hybridized carbons (Fsp3) is 0.421. The summed E-state index contributed by atoms with van der Waals surface area (Å²) in [5, 5.41) is 5.23. The molecule has 1 aromatic carbocycles. The van der Waals surface area contributed by atoms with E-state index < -0.39 is 0 Å². The minimum atomic E-state index is 0.183. The molecule has 1 fully saturated rings. The molecule has 0 radical (unpaired) electrons. The summed E-state index contributed by atoms with van der Waals surface area (Å²) >= 11 is 0. The molecule has 1 amide bonds. The Kier molecular flexibility index (Phi) is 4.26. The van der Waals surface area contributed by atoms with Crippen molar-refractivity contribution < 1.29 is 9.32 Å². The van der Waals surface area contributed by atoms with Crippen molar-refractivity contribution in [3.63, 3.8) is 0 Å². The highest BCUT2D eigenvalue weighted by molar-refractivity contribution is 5.80. The number of likely N-dealkylation sites (tertiary alicyclic amines) is 1. The average molecular weight is 338 g/mol. The number of hydrogen-bond acceptors (Lipinski definition) is 4. The summed E-state index contributed by atoms with van der Waals surface area (Å²) in [6.45, 7) is 4.00. The first-order valence-electron chi connectivity index (χ1n) is 8.82. The second kappa shape index (κ2) is 6.70. The summed E-state index contributed by atoms with van der Waals surface area (Å²) < 4.78 is 7.23. The predicted octanol–water partition coefficient (Wildman–Crippen LogP) is 3.13. The molecule has 0 unspecified atom stereocenters. The van der Waals surface area contributed by atoms with Gasteiger partial charge in [0.25, 0.3) is 0 Å². The number of aromatic nitrogens is 3. The maximum atomic E-state index is 12.7. The monoisotopic (exact) mass is 338 g/mol. The lowest BCUT2D eigenvalue weighted by molar-refractivity contribution is -0.132. The van der Waals surface area contributed by atoms with Gasteiger partial charge in [-0.15, -0.1) is 0 Å². The molecule has 130 valence electrons. The maximum absolute atomic E-state index is 12.7. The molecule has 0 N–H and O–H groups in total. The van der Waals surface area contributed by atoms with Crippen molar-refractivity contribution in [3.8, 4) is 0 Å². The molecule has 6 heteroatoms. The molecule has 0 aliphatic carbocycles. The number of amides is 1. The Balaban J connectivity index is 1.39. The fourth-order valence-electron chi connectivity index (χ4n) is 3.60. The van der Waals surface area contributed by atoms with Crippen molar-refractivity contribution >= 4 is 16.8 Å². The lowest BCUT2D eigenvalue weighted by Gasteiger charge is -2.31. The van der Waals surface area contributed by atoms with Gasteiger partial charge in [0, 0.05) is 50.6 Å². The molecule has 3 aromatic rings. The molecule has 3 heterocycles. The Morgan fingerprint density at radius 3 is 3.04 bits per heavy atom. The number of benzene rings is 1. The number of fused-ring (bicyclic) bond motifs is 1. The van der Waals surface area contributed by atoms with Crippen molar-refractivity contribution in [2.45, 2.75) is 38.6 Å². The van der Waals surface area contributed by atoms with E-state index in [1.165, 1.54) is 10.9 Å². The Morgan fingerprint density at radius 1 is 1.32 bits per heavy atom. The third kappa shape index (κ3) is 3.29. The molecule has 4 rings (SSSR count). The van der Waals surface area contributed by atoms with Gasteiger partial charge in [-0.1, -0.05) is 23.4 Å². The van der Waals surface area contributed by atoms with Gasteiger partial charge in [0.15, 0.2) is 5.82 Å². The Labute approximate surface area is 146 Å². The highest BCUT2D eigenvalue weighted by Gasteiger charge is 2.27. The van der Waals surface area contributed by atoms with E-state index in [4.69, 9.17) is 4.52 Å². The van der Waals surface area contributed by atoms with E-state index in [1.54, 1.807) is 6.92 Å². The topological polar surface area (TPSA) is 64.2 Å². The van der Waals surface area contributed by atoms with Gasteiger partial charge in [0.05, 0.1) is 0 Å². The first-order valence-corrected chi connectivity index (χ1v) is 8.82. The summed E-state index contributed by atoms with van der Waals surface area (Å²) in [7, 11) is 0. The molecule has 2 aromatic heterocycles. The highest BCUT2D eigenvalue weighted by atomic mass is 16.5. The average Bonchev–Trinajstić information content (AvgIpc) is 3.26. The molecular formula is C19H22N4O2. The smallest absolute Gasteiger partial charge is 0.224 e. The van der Waals surface area contributed by atoms with Crippen LogP contribution in [0.2, 0.25) is 0 Å². The number of carbonyl (C=O) groups is 1. The van der Waals surface area contributed by atoms with E-state index in [2.05, 4.69) is 39.1 Å². The molecule has 1 aliphatic rings. The quantitative estimate of drug-likeness (QED) is 0.733. The van der Waals surface area contributed by atoms with Crippen LogP contribution < -0.4 is 0 Å². The fourth-order valence-corrected chi connectivity index (χ4v) is 3.60. The second-order valence-corrected chi connectivity index (χ2v) is 6.67. The highest BCUT2D eigenvalue weighted by Crippen LogP contribution is 2.25. The van der Waals surface area contributed by atoms with Crippen LogP contribution in [0.15, 0.2) is 41.1 Å². The largest absolute Gasteiger partial charge is 0.347 e. The number of piperidine rings is 1. The molecule has 6 nitrogen and oxygen atoms in total. The van der Waals surface area contributed by atoms with E-state index >= 15 is 0 Å². The molecule has 0 bridgehead atoms. The van der Waals surface area contributed by atoms with Crippen LogP contribution in [0.3, 0.4) is 0 Å². The van der Waals surface area contributed by atoms with Gasteiger partial charge < -0.3 is 14.0 Å². The summed E-state index contributed by atoms with van der Waals surface area (Å²) in [5.74, 6) is 1.69. The second-order valence-electron chi connectivity index (χ2n) is 6.67. The number of hydrogen-bond donors (Lipinski definition) is 0. The maximum Gasteiger partial charge on any atom is 0.224 e. The van der Waals surface area contributed by atoms with Gasteiger partial charge in [0.2, 0.25) is 11.8 Å². The van der Waals surface area contributed by atoms with Crippen molar-refractivity contribution in [2.75, 3.05) is 13.1 Å². The minimum Gasteiger partial charge on any atom is -0.347 e. The van der Waals surface area contributed by atoms with E-state index in [1.807, 2.05) is 17.0 Å². The number of rotatable bonds is 4. The summed E-state index contributed by atoms with van der Waals surface area (Å²) in [6, 6.07) is 10.3. The number of para-hydroxylation sites is 1. The molecule has 25 heavy (non-hydrogen) atoms. The third-order valence-corrected chi connectivity index (χ3v) is 4.93. The van der Waals surface area contributed by atoms with Crippen LogP contribution in [0.1, 0.15) is 36.9 Å². The Bertz CT molecular complexity index is 882. The van der Waals surface area contributed by atoms with Crippen LogP contribution in [-0.4, -0.2) is 38.6 Å². The van der Waals surface area contributed by atoms with Crippen molar-refractivity contribution in [1.82, 2.24) is 19.6 Å². The van der Waals surface area contributed by atoms with Crippen LogP contribution in [0.4, 0.5) is 0 Å². The first-order chi connectivity index (χ1) is 12.2. The lowest BCUT2D eigenvalue weighted by atomic mass is 9.97. The normalized spacial score (nSPS) is 18.0. The van der Waals surface area contributed by atoms with Gasteiger partial charge in [-0.3, -0.25) is 4.79 Å². The van der Waals surface area contributed by atoms with E-state index in [-0.39, 0.29) is 11.8 Å². The van der Waals surface area contributed by atoms with Gasteiger partial charge in [-0.05, 0) is 30.4 Å². The zero-order chi connectivity index (χ0) is 17.2. The van der Waals surface area contributed by atoms with Crippen LogP contribution in [0, 0.1) is 6.92 Å². The van der Waals surface area contributed by atoms with E-state index in [0.29, 0.717) is 25.4 Å². The molecule has 1 saturated heterocycles. The van der Waals surface area contributed by atoms with Crippen LogP contribution in [0.25, 0.3) is 10.9 Å². The SMILES string of the molecule is Cc1nc([C@H]2CCCN(C(=O)CCn3ccc4ccccc43)C2)no1. The first kappa shape index (κ1) is 15.9. The van der Waals surface area contributed by atoms with Crippen LogP contribution in [0.5, 0.6) is 0 Å². The molecule has 1 atom stereocenters. The predicted molar refractivity (Wildman–Crippen MR) is 94.1 cm³/mol. The van der Waals surface area contributed by atoms with Crippen LogP contribution in [-0.2, 0) is 11.3 Å². The van der Waals surface area contributed by atoms with Crippen molar-refractivity contribution in [3.05, 3.63) is 48.2 Å². The molecular weight excluding hydrogens is 316 g/mol. The summed E-state index contributed by atoms with van der Waals surface area (Å²) in [5.41, 5.74) is 1.18. The Hall–Kier alpha value is -2.63. The van der Waals surface area contributed by atoms with Crippen LogP contribution >= 0.6 is 0 Å². The molecule has 1 aliphatic heterocycles. The summed E-state index contributed by atoms with van der Waals surface area (Å²) in [4.78, 5) is 18.9. The van der Waals surface area contributed by atoms with Gasteiger partial charge >= 0.3 is 0 Å². The van der Waals surface area contributed by atoms with Gasteiger partial charge in [-0.25, -0.2) is 0 Å². The summed E-state index contributed by atoms with van der Waals surface area (Å²) in [6.07, 6.45) is 4.55. The number of aryl methyl sites for hydroxylation is 2. The van der Waals surface area contributed by atoms with Gasteiger partial charge in [-0.2, -0.15) is 4.98 Å². The number of nitrogens with zero attached hydrogens (tertiary/aromatic N) is 4. The van der Waals surface area contributed by atoms with E-state index in [0.717, 1.165) is 25.2 Å². The zero-order valence-corrected chi connectivity index (χ0v) is 14.4. The third-order valence-electron chi connectivity index (χ3n) is 4.93. The Morgan fingerprint density at radius 2 is 2.20 bits per heavy atom. The van der Waals surface area contributed by atoms with Crippen molar-refractivity contribution in [1.29, 1.82) is 0 Å². The van der Waals surface area contributed by atoms with Gasteiger partial charge in [0.1, 0.15) is 0 Å². The lowest BCUT2D eigenvalue weighted by Crippen LogP contribution is -2.39. The van der Waals surface area contributed by atoms with E-state index in [9.17, 15) is 4.79 Å². The van der Waals surface area contributed by atoms with Crippen molar-refractivity contribution in [2.24, 2.45) is 0 Å². The number of carbonyl (C=O) groups excluding carboxylic acids is 1. The zero-order valence-electron chi connectivity index (χ0n) is 14.4. The molecule has 0 saturated carbocycles. The standard InChI is InChI=1S/C19H22N4O2/c1-14-20-19(21-25-14)16-6-4-10-23(13-16)18(24)9-12-22-11-8-15-5-2-3-7-17(15)22/h2-3,5,7-8,11,16H,4,6,9-10,12-13H2,1H3/t16-/m0/s1. The minimum absolute atomic E-state index is 0.183.